The third-order valence-corrected chi connectivity index (χ3v) is 4.76. The largest absolute Gasteiger partial charge is 0.493 e. The van der Waals surface area contributed by atoms with E-state index in [0.717, 1.165) is 16.5 Å². The van der Waals surface area contributed by atoms with Crippen LogP contribution >= 0.6 is 11.6 Å². The molecule has 0 fully saturated rings. The second-order valence-corrected chi connectivity index (χ2v) is 6.98. The highest BCUT2D eigenvalue weighted by Crippen LogP contribution is 2.34. The minimum atomic E-state index is -0.751. The smallest absolute Gasteiger partial charge is 0.234 e. The minimum absolute atomic E-state index is 0.124. The number of aromatic amines is 1. The topological polar surface area (TPSA) is 63.3 Å². The van der Waals surface area contributed by atoms with Crippen LogP contribution in [0, 0.1) is 0 Å². The second-order valence-electron chi connectivity index (χ2n) is 6.54. The summed E-state index contributed by atoms with van der Waals surface area (Å²) in [5, 5.41) is 4.58. The molecule has 1 amide bonds. The van der Waals surface area contributed by atoms with Crippen molar-refractivity contribution in [2.24, 2.45) is 0 Å². The third kappa shape index (κ3) is 3.22. The Morgan fingerprint density at radius 3 is 2.50 bits per heavy atom. The molecule has 0 saturated heterocycles. The van der Waals surface area contributed by atoms with Crippen molar-refractivity contribution >= 4 is 34.1 Å². The molecule has 3 aromatic rings. The van der Waals surface area contributed by atoms with Gasteiger partial charge in [-0.05, 0) is 43.7 Å². The Labute approximate surface area is 157 Å². The first kappa shape index (κ1) is 18.1. The number of H-pyrrole nitrogens is 1. The normalized spacial score (nSPS) is 11.4. The monoisotopic (exact) mass is 372 g/mol. The Bertz CT molecular complexity index is 963. The first-order chi connectivity index (χ1) is 12.4. The van der Waals surface area contributed by atoms with Crippen LogP contribution in [-0.2, 0) is 10.2 Å². The van der Waals surface area contributed by atoms with Crippen molar-refractivity contribution < 1.29 is 14.3 Å². The van der Waals surface area contributed by atoms with Crippen molar-refractivity contribution in [3.05, 3.63) is 53.2 Å². The molecule has 1 heterocycles. The number of amides is 1. The number of anilines is 1. The zero-order valence-corrected chi connectivity index (χ0v) is 15.9. The lowest BCUT2D eigenvalue weighted by Gasteiger charge is -2.24. The van der Waals surface area contributed by atoms with Crippen molar-refractivity contribution in [3.8, 4) is 11.5 Å². The van der Waals surface area contributed by atoms with E-state index in [-0.39, 0.29) is 5.91 Å². The molecule has 0 aliphatic heterocycles. The molecule has 0 saturated carbocycles. The van der Waals surface area contributed by atoms with Crippen LogP contribution in [0.3, 0.4) is 0 Å². The highest BCUT2D eigenvalue weighted by atomic mass is 35.5. The van der Waals surface area contributed by atoms with Gasteiger partial charge in [0.25, 0.3) is 0 Å². The van der Waals surface area contributed by atoms with Crippen LogP contribution in [0.2, 0.25) is 5.02 Å². The average Bonchev–Trinajstić information content (AvgIpc) is 3.05. The fraction of sp³-hybridized carbons (Fsp3) is 0.250. The number of carbonyl (C=O) groups is 1. The summed E-state index contributed by atoms with van der Waals surface area (Å²) in [6.07, 6.45) is 1.86. The van der Waals surface area contributed by atoms with Crippen LogP contribution in [0.1, 0.15) is 19.4 Å². The molecule has 3 rings (SSSR count). The number of halogens is 1. The van der Waals surface area contributed by atoms with Crippen LogP contribution in [0.4, 0.5) is 5.69 Å². The van der Waals surface area contributed by atoms with Crippen molar-refractivity contribution in [2.75, 3.05) is 19.5 Å². The summed E-state index contributed by atoms with van der Waals surface area (Å²) >= 11 is 6.04. The Morgan fingerprint density at radius 1 is 1.08 bits per heavy atom. The maximum Gasteiger partial charge on any atom is 0.234 e. The summed E-state index contributed by atoms with van der Waals surface area (Å²) in [5.41, 5.74) is 1.70. The van der Waals surface area contributed by atoms with Crippen LogP contribution in [-0.4, -0.2) is 25.1 Å². The maximum absolute atomic E-state index is 13.0. The van der Waals surface area contributed by atoms with Crippen molar-refractivity contribution in [2.45, 2.75) is 19.3 Å². The van der Waals surface area contributed by atoms with Crippen LogP contribution in [0.5, 0.6) is 11.5 Å². The lowest BCUT2D eigenvalue weighted by molar-refractivity contribution is -0.120. The Hall–Kier alpha value is -2.66. The number of fused-ring (bicyclic) bond motifs is 1. The molecule has 5 nitrogen and oxygen atoms in total. The highest BCUT2D eigenvalue weighted by molar-refractivity contribution is 6.31. The zero-order chi connectivity index (χ0) is 18.9. The number of aromatic nitrogens is 1. The summed E-state index contributed by atoms with van der Waals surface area (Å²) in [5.74, 6) is 1.05. The first-order valence-electron chi connectivity index (χ1n) is 8.17. The molecular weight excluding hydrogens is 352 g/mol. The van der Waals surface area contributed by atoms with Gasteiger partial charge in [-0.1, -0.05) is 17.7 Å². The van der Waals surface area contributed by atoms with Gasteiger partial charge in [0.2, 0.25) is 5.91 Å². The number of ether oxygens (including phenoxy) is 2. The molecule has 136 valence electrons. The number of carbonyl (C=O) groups excluding carboxylic acids is 1. The first-order valence-corrected chi connectivity index (χ1v) is 8.55. The Kier molecular flexibility index (Phi) is 4.83. The van der Waals surface area contributed by atoms with E-state index in [9.17, 15) is 4.79 Å². The van der Waals surface area contributed by atoms with Gasteiger partial charge in [0, 0.05) is 33.9 Å². The van der Waals surface area contributed by atoms with E-state index < -0.39 is 5.41 Å². The number of rotatable bonds is 5. The predicted octanol–water partition coefficient (Wildman–Crippen LogP) is 4.75. The van der Waals surface area contributed by atoms with E-state index in [1.807, 2.05) is 38.2 Å². The summed E-state index contributed by atoms with van der Waals surface area (Å²) < 4.78 is 10.5. The lowest BCUT2D eigenvalue weighted by atomic mass is 9.83. The molecule has 0 spiro atoms. The Balaban J connectivity index is 1.90. The van der Waals surface area contributed by atoms with E-state index in [4.69, 9.17) is 21.1 Å². The molecule has 2 aromatic carbocycles. The van der Waals surface area contributed by atoms with Crippen LogP contribution in [0.25, 0.3) is 10.9 Å². The van der Waals surface area contributed by atoms with Gasteiger partial charge in [-0.2, -0.15) is 0 Å². The quantitative estimate of drug-likeness (QED) is 0.679. The van der Waals surface area contributed by atoms with Crippen molar-refractivity contribution in [3.63, 3.8) is 0 Å². The van der Waals surface area contributed by atoms with E-state index in [1.165, 1.54) is 0 Å². The van der Waals surface area contributed by atoms with E-state index in [0.29, 0.717) is 22.2 Å². The Morgan fingerprint density at radius 2 is 1.81 bits per heavy atom. The van der Waals surface area contributed by atoms with Gasteiger partial charge in [-0.15, -0.1) is 0 Å². The molecular formula is C20H21ClN2O3. The number of benzene rings is 2. The summed E-state index contributed by atoms with van der Waals surface area (Å²) in [4.78, 5) is 16.2. The van der Waals surface area contributed by atoms with Gasteiger partial charge >= 0.3 is 0 Å². The maximum atomic E-state index is 13.0. The zero-order valence-electron chi connectivity index (χ0n) is 15.1. The molecule has 0 unspecified atom stereocenters. The van der Waals surface area contributed by atoms with Crippen molar-refractivity contribution in [1.29, 1.82) is 0 Å². The number of nitrogens with one attached hydrogen (secondary N) is 2. The standard InChI is InChI=1S/C20H21ClN2O3/c1-20(2,15-11-22-16-9-12(21)5-7-14(15)16)19(24)23-13-6-8-17(25-3)18(10-13)26-4/h5-11,22H,1-4H3,(H,23,24). The summed E-state index contributed by atoms with van der Waals surface area (Å²) in [6.45, 7) is 3.78. The van der Waals surface area contributed by atoms with E-state index in [2.05, 4.69) is 10.3 Å². The fourth-order valence-electron chi connectivity index (χ4n) is 2.94. The molecule has 0 radical (unpaired) electrons. The highest BCUT2D eigenvalue weighted by Gasteiger charge is 2.32. The molecule has 1 aromatic heterocycles. The lowest BCUT2D eigenvalue weighted by Crippen LogP contribution is -2.34. The van der Waals surface area contributed by atoms with Gasteiger partial charge in [0.1, 0.15) is 0 Å². The molecule has 0 bridgehead atoms. The van der Waals surface area contributed by atoms with Gasteiger partial charge in [0.05, 0.1) is 19.6 Å². The second kappa shape index (κ2) is 6.92. The van der Waals surface area contributed by atoms with Gasteiger partial charge in [-0.25, -0.2) is 0 Å². The van der Waals surface area contributed by atoms with Crippen LogP contribution < -0.4 is 14.8 Å². The molecule has 6 heteroatoms. The molecule has 2 N–H and O–H groups in total. The predicted molar refractivity (Wildman–Crippen MR) is 105 cm³/mol. The molecule has 0 aliphatic rings. The summed E-state index contributed by atoms with van der Waals surface area (Å²) in [6, 6.07) is 10.9. The summed E-state index contributed by atoms with van der Waals surface area (Å²) in [7, 11) is 3.13. The van der Waals surface area contributed by atoms with Gasteiger partial charge < -0.3 is 19.8 Å². The van der Waals surface area contributed by atoms with Gasteiger partial charge in [0.15, 0.2) is 11.5 Å². The molecule has 0 aliphatic carbocycles. The third-order valence-electron chi connectivity index (χ3n) is 4.53. The average molecular weight is 373 g/mol. The molecule has 26 heavy (non-hydrogen) atoms. The van der Waals surface area contributed by atoms with Gasteiger partial charge in [-0.3, -0.25) is 4.79 Å². The van der Waals surface area contributed by atoms with E-state index >= 15 is 0 Å². The number of hydrogen-bond acceptors (Lipinski definition) is 3. The van der Waals surface area contributed by atoms with Crippen LogP contribution in [0.15, 0.2) is 42.6 Å². The minimum Gasteiger partial charge on any atom is -0.493 e. The van der Waals surface area contributed by atoms with Crippen molar-refractivity contribution in [1.82, 2.24) is 4.98 Å². The SMILES string of the molecule is COc1ccc(NC(=O)C(C)(C)c2c[nH]c3cc(Cl)ccc23)cc1OC. The number of hydrogen-bond donors (Lipinski definition) is 2. The van der Waals surface area contributed by atoms with E-state index in [1.54, 1.807) is 32.4 Å². The molecule has 0 atom stereocenters. The fourth-order valence-corrected chi connectivity index (χ4v) is 3.11. The number of methoxy groups -OCH3 is 2.